The largest absolute Gasteiger partial charge is 0.475 e. The SMILES string of the molecule is CCOC(=O)CCC(NC(=O)c1cc(OC2(C(=O)OCC)CCC2)c2cc(F)c(C)cc2n1)C(=O)N1CCN(C(=O)OCC)CC1. The van der Waals surface area contributed by atoms with Crippen molar-refractivity contribution in [2.24, 2.45) is 0 Å². The van der Waals surface area contributed by atoms with E-state index >= 15 is 0 Å². The molecule has 1 aliphatic heterocycles. The zero-order valence-corrected chi connectivity index (χ0v) is 26.7. The first-order valence-electron chi connectivity index (χ1n) is 15.7. The number of nitrogens with one attached hydrogen (secondary N) is 1. The number of aryl methyl sites for hydroxylation is 1. The molecule has 1 N–H and O–H groups in total. The lowest BCUT2D eigenvalue weighted by molar-refractivity contribution is -0.169. The number of fused-ring (bicyclic) bond motifs is 1. The molecule has 13 nitrogen and oxygen atoms in total. The highest BCUT2D eigenvalue weighted by Gasteiger charge is 2.48. The predicted octanol–water partition coefficient (Wildman–Crippen LogP) is 3.29. The molecule has 0 spiro atoms. The van der Waals surface area contributed by atoms with Gasteiger partial charge in [-0.05, 0) is 71.1 Å². The van der Waals surface area contributed by atoms with Crippen LogP contribution in [0.1, 0.15) is 68.9 Å². The molecule has 3 amide bonds. The molecule has 250 valence electrons. The molecule has 1 unspecified atom stereocenters. The molecule has 1 saturated heterocycles. The number of hydrogen-bond acceptors (Lipinski definition) is 10. The standard InChI is InChI=1S/C32H41FN4O9/c1-5-43-27(38)10-9-23(29(40)36-13-15-37(16-14-36)31(42)45-7-3)35-28(39)25-19-26(21-18-22(33)20(4)17-24(21)34-25)46-32(11-8-12-32)30(41)44-6-2/h17-19,23H,5-16H2,1-4H3,(H,35,39). The van der Waals surface area contributed by atoms with Gasteiger partial charge in [0.25, 0.3) is 5.91 Å². The van der Waals surface area contributed by atoms with Gasteiger partial charge in [0.2, 0.25) is 11.5 Å². The Morgan fingerprint density at radius 2 is 1.59 bits per heavy atom. The summed E-state index contributed by atoms with van der Waals surface area (Å²) in [6.45, 7) is 8.06. The first-order chi connectivity index (χ1) is 22.0. The zero-order valence-electron chi connectivity index (χ0n) is 26.7. The average Bonchev–Trinajstić information content (AvgIpc) is 3.01. The highest BCUT2D eigenvalue weighted by molar-refractivity contribution is 5.99. The normalized spacial score (nSPS) is 16.2. The first-order valence-corrected chi connectivity index (χ1v) is 15.7. The molecule has 1 saturated carbocycles. The van der Waals surface area contributed by atoms with Crippen LogP contribution in [0, 0.1) is 12.7 Å². The topological polar surface area (TPSA) is 154 Å². The van der Waals surface area contributed by atoms with Gasteiger partial charge in [-0.15, -0.1) is 0 Å². The second-order valence-corrected chi connectivity index (χ2v) is 11.2. The number of carbonyl (C=O) groups is 5. The molecule has 2 heterocycles. The molecule has 1 aromatic heterocycles. The number of halogens is 1. The molecule has 2 aromatic rings. The number of rotatable bonds is 12. The highest BCUT2D eigenvalue weighted by Crippen LogP contribution is 2.40. The van der Waals surface area contributed by atoms with Crippen LogP contribution in [0.25, 0.3) is 10.9 Å². The van der Waals surface area contributed by atoms with Crippen LogP contribution in [-0.4, -0.2) is 102 Å². The third-order valence-corrected chi connectivity index (χ3v) is 8.06. The maximum Gasteiger partial charge on any atom is 0.409 e. The number of nitrogens with zero attached hydrogens (tertiary/aromatic N) is 3. The number of esters is 2. The molecule has 1 atom stereocenters. The minimum absolute atomic E-state index is 0.0469. The van der Waals surface area contributed by atoms with Crippen molar-refractivity contribution in [1.82, 2.24) is 20.1 Å². The van der Waals surface area contributed by atoms with Crippen molar-refractivity contribution in [2.75, 3.05) is 46.0 Å². The van der Waals surface area contributed by atoms with E-state index in [1.807, 2.05) is 0 Å². The van der Waals surface area contributed by atoms with Gasteiger partial charge in [-0.3, -0.25) is 14.4 Å². The lowest BCUT2D eigenvalue weighted by Crippen LogP contribution is -2.56. The predicted molar refractivity (Wildman–Crippen MR) is 163 cm³/mol. The van der Waals surface area contributed by atoms with Crippen molar-refractivity contribution in [1.29, 1.82) is 0 Å². The summed E-state index contributed by atoms with van der Waals surface area (Å²) >= 11 is 0. The third-order valence-electron chi connectivity index (χ3n) is 8.06. The lowest BCUT2D eigenvalue weighted by Gasteiger charge is -2.39. The van der Waals surface area contributed by atoms with Crippen LogP contribution in [0.15, 0.2) is 18.2 Å². The van der Waals surface area contributed by atoms with E-state index in [2.05, 4.69) is 10.3 Å². The Bertz CT molecular complexity index is 1470. The van der Waals surface area contributed by atoms with E-state index in [0.29, 0.717) is 12.8 Å². The van der Waals surface area contributed by atoms with Crippen LogP contribution < -0.4 is 10.1 Å². The first kappa shape index (κ1) is 34.4. The van der Waals surface area contributed by atoms with Crippen molar-refractivity contribution in [3.05, 3.63) is 35.3 Å². The summed E-state index contributed by atoms with van der Waals surface area (Å²) < 4.78 is 36.2. The summed E-state index contributed by atoms with van der Waals surface area (Å²) in [7, 11) is 0. The molecule has 2 fully saturated rings. The van der Waals surface area contributed by atoms with Gasteiger partial charge in [0.15, 0.2) is 0 Å². The van der Waals surface area contributed by atoms with Crippen LogP contribution >= 0.6 is 0 Å². The average molecular weight is 645 g/mol. The smallest absolute Gasteiger partial charge is 0.409 e. The van der Waals surface area contributed by atoms with E-state index in [9.17, 15) is 28.4 Å². The van der Waals surface area contributed by atoms with E-state index in [0.717, 1.165) is 6.42 Å². The number of benzene rings is 1. The molecular formula is C32H41FN4O9. The highest BCUT2D eigenvalue weighted by atomic mass is 19.1. The van der Waals surface area contributed by atoms with Gasteiger partial charge in [0.05, 0.1) is 25.3 Å². The van der Waals surface area contributed by atoms with E-state index in [-0.39, 0.29) is 86.8 Å². The molecule has 14 heteroatoms. The van der Waals surface area contributed by atoms with Gasteiger partial charge in [0.1, 0.15) is 23.3 Å². The Labute approximate surface area is 266 Å². The Hall–Kier alpha value is -4.49. The summed E-state index contributed by atoms with van der Waals surface area (Å²) in [6, 6.07) is 2.91. The fourth-order valence-corrected chi connectivity index (χ4v) is 5.37. The van der Waals surface area contributed by atoms with Gasteiger partial charge in [0, 0.05) is 44.1 Å². The summed E-state index contributed by atoms with van der Waals surface area (Å²) in [5.74, 6) is -2.68. The summed E-state index contributed by atoms with van der Waals surface area (Å²) in [5, 5.41) is 2.98. The van der Waals surface area contributed by atoms with Crippen molar-refractivity contribution in [3.8, 4) is 5.75 Å². The lowest BCUT2D eigenvalue weighted by atomic mass is 9.80. The molecule has 1 aliphatic carbocycles. The molecule has 46 heavy (non-hydrogen) atoms. The number of carbonyl (C=O) groups excluding carboxylic acids is 5. The summed E-state index contributed by atoms with van der Waals surface area (Å²) in [6.07, 6.45) is 0.853. The van der Waals surface area contributed by atoms with Crippen molar-refractivity contribution < 1.29 is 47.3 Å². The van der Waals surface area contributed by atoms with Crippen LogP contribution in [0.3, 0.4) is 0 Å². The monoisotopic (exact) mass is 644 g/mol. The second-order valence-electron chi connectivity index (χ2n) is 11.2. The summed E-state index contributed by atoms with van der Waals surface area (Å²) in [5.41, 5.74) is -0.863. The van der Waals surface area contributed by atoms with Gasteiger partial charge >= 0.3 is 18.0 Å². The fourth-order valence-electron chi connectivity index (χ4n) is 5.37. The van der Waals surface area contributed by atoms with Crippen LogP contribution in [-0.2, 0) is 28.6 Å². The number of ether oxygens (including phenoxy) is 4. The maximum atomic E-state index is 14.7. The van der Waals surface area contributed by atoms with Crippen LogP contribution in [0.5, 0.6) is 5.75 Å². The molecule has 4 rings (SSSR count). The van der Waals surface area contributed by atoms with E-state index in [1.165, 1.54) is 28.0 Å². The quantitative estimate of drug-likeness (QED) is 0.269. The Morgan fingerprint density at radius 3 is 2.20 bits per heavy atom. The third kappa shape index (κ3) is 7.83. The number of hydrogen-bond donors (Lipinski definition) is 1. The number of amides is 3. The van der Waals surface area contributed by atoms with E-state index < -0.39 is 47.3 Å². The number of pyridine rings is 1. The molecule has 0 bridgehead atoms. The van der Waals surface area contributed by atoms with Crippen LogP contribution in [0.4, 0.5) is 9.18 Å². The minimum atomic E-state index is -1.27. The molecule has 2 aliphatic rings. The second kappa shape index (κ2) is 15.2. The molecular weight excluding hydrogens is 603 g/mol. The van der Waals surface area contributed by atoms with Crippen molar-refractivity contribution in [3.63, 3.8) is 0 Å². The number of aromatic nitrogens is 1. The van der Waals surface area contributed by atoms with Gasteiger partial charge < -0.3 is 34.1 Å². The zero-order chi connectivity index (χ0) is 33.4. The van der Waals surface area contributed by atoms with Gasteiger partial charge in [-0.2, -0.15) is 0 Å². The Morgan fingerprint density at radius 1 is 0.935 bits per heavy atom. The van der Waals surface area contributed by atoms with Gasteiger partial charge in [-0.25, -0.2) is 19.0 Å². The van der Waals surface area contributed by atoms with E-state index in [4.69, 9.17) is 18.9 Å². The van der Waals surface area contributed by atoms with Crippen molar-refractivity contribution >= 4 is 40.7 Å². The summed E-state index contributed by atoms with van der Waals surface area (Å²) in [4.78, 5) is 72.0. The minimum Gasteiger partial charge on any atom is -0.475 e. The maximum absolute atomic E-state index is 14.7. The molecule has 1 aromatic carbocycles. The Kier molecular flexibility index (Phi) is 11.4. The van der Waals surface area contributed by atoms with E-state index in [1.54, 1.807) is 27.7 Å². The molecule has 0 radical (unpaired) electrons. The van der Waals surface area contributed by atoms with Gasteiger partial charge in [-0.1, -0.05) is 0 Å². The fraction of sp³-hybridized carbons (Fsp3) is 0.562. The number of piperazine rings is 1. The Balaban J connectivity index is 1.61. The van der Waals surface area contributed by atoms with Crippen molar-refractivity contribution in [2.45, 2.75) is 71.4 Å². The van der Waals surface area contributed by atoms with Crippen LogP contribution in [0.2, 0.25) is 0 Å².